The molecule has 100 valence electrons. The first-order valence-corrected chi connectivity index (χ1v) is 7.31. The number of likely N-dealkylation sites (N-methyl/N-ethyl adjacent to an activating group) is 1. The van der Waals surface area contributed by atoms with Crippen molar-refractivity contribution in [2.75, 3.05) is 33.0 Å². The highest BCUT2D eigenvalue weighted by atomic mass is 32.2. The Kier molecular flexibility index (Phi) is 5.35. The largest absolute Gasteiger partial charge is 0.469 e. The van der Waals surface area contributed by atoms with Crippen molar-refractivity contribution in [2.45, 2.75) is 25.3 Å². The molecule has 0 aromatic heterocycles. The van der Waals surface area contributed by atoms with Gasteiger partial charge in [0.05, 0.1) is 19.3 Å². The lowest BCUT2D eigenvalue weighted by Gasteiger charge is -2.30. The van der Waals surface area contributed by atoms with Gasteiger partial charge in [0.15, 0.2) is 0 Å². The lowest BCUT2D eigenvalue weighted by molar-refractivity contribution is -0.140. The summed E-state index contributed by atoms with van der Waals surface area (Å²) in [6.07, 6.45) is 1.74. The predicted octanol–water partition coefficient (Wildman–Crippen LogP) is -0.437. The number of nitrogens with one attached hydrogen (secondary N) is 1. The smallest absolute Gasteiger partial charge is 0.306 e. The molecule has 1 heterocycles. The molecule has 7 heteroatoms. The maximum atomic E-state index is 11.9. The number of carbonyl (C=O) groups excluding carboxylic acids is 1. The van der Waals surface area contributed by atoms with E-state index in [4.69, 9.17) is 0 Å². The molecule has 0 bridgehead atoms. The number of ether oxygens (including phenoxy) is 1. The second-order valence-corrected chi connectivity index (χ2v) is 6.31. The number of nitrogens with zero attached hydrogens (tertiary/aromatic N) is 1. The summed E-state index contributed by atoms with van der Waals surface area (Å²) in [5.41, 5.74) is 0. The number of esters is 1. The van der Waals surface area contributed by atoms with E-state index in [0.29, 0.717) is 6.54 Å². The predicted molar refractivity (Wildman–Crippen MR) is 64.1 cm³/mol. The van der Waals surface area contributed by atoms with Gasteiger partial charge in [-0.3, -0.25) is 4.79 Å². The van der Waals surface area contributed by atoms with Crippen LogP contribution in [0.4, 0.5) is 0 Å². The number of rotatable bonds is 5. The number of hydrogen-bond acceptors (Lipinski definition) is 5. The summed E-state index contributed by atoms with van der Waals surface area (Å²) in [5, 5.41) is 3.17. The number of hydrogen-bond donors (Lipinski definition) is 1. The van der Waals surface area contributed by atoms with E-state index in [2.05, 4.69) is 10.1 Å². The summed E-state index contributed by atoms with van der Waals surface area (Å²) in [6.45, 7) is 1.61. The highest BCUT2D eigenvalue weighted by Crippen LogP contribution is 2.13. The van der Waals surface area contributed by atoms with Crippen LogP contribution in [0.1, 0.15) is 19.3 Å². The van der Waals surface area contributed by atoms with Crippen molar-refractivity contribution in [3.63, 3.8) is 0 Å². The Morgan fingerprint density at radius 3 is 2.76 bits per heavy atom. The summed E-state index contributed by atoms with van der Waals surface area (Å²) in [7, 11) is -0.545. The van der Waals surface area contributed by atoms with Crippen LogP contribution < -0.4 is 5.32 Å². The molecule has 6 nitrogen and oxygen atoms in total. The van der Waals surface area contributed by atoms with E-state index in [-0.39, 0.29) is 18.2 Å². The molecule has 1 unspecified atom stereocenters. The molecule has 0 aromatic carbocycles. The van der Waals surface area contributed by atoms with E-state index in [1.165, 1.54) is 11.4 Å². The zero-order chi connectivity index (χ0) is 12.9. The molecule has 0 aliphatic carbocycles. The van der Waals surface area contributed by atoms with Crippen LogP contribution >= 0.6 is 0 Å². The second kappa shape index (κ2) is 6.32. The molecule has 1 N–H and O–H groups in total. The Morgan fingerprint density at radius 1 is 1.53 bits per heavy atom. The zero-order valence-corrected chi connectivity index (χ0v) is 11.1. The van der Waals surface area contributed by atoms with E-state index in [1.807, 2.05) is 0 Å². The van der Waals surface area contributed by atoms with Crippen LogP contribution in [0.3, 0.4) is 0 Å². The maximum Gasteiger partial charge on any atom is 0.306 e. The van der Waals surface area contributed by atoms with E-state index in [0.717, 1.165) is 19.4 Å². The molecule has 0 amide bonds. The lowest BCUT2D eigenvalue weighted by Crippen LogP contribution is -2.47. The van der Waals surface area contributed by atoms with E-state index >= 15 is 0 Å². The third-order valence-corrected chi connectivity index (χ3v) is 4.91. The average Bonchev–Trinajstić information content (AvgIpc) is 2.36. The fraction of sp³-hybridized carbons (Fsp3) is 0.900. The van der Waals surface area contributed by atoms with Gasteiger partial charge in [-0.15, -0.1) is 0 Å². The summed E-state index contributed by atoms with van der Waals surface area (Å²) in [6, 6.07) is -0.00797. The van der Waals surface area contributed by atoms with Crippen LogP contribution in [0.2, 0.25) is 0 Å². The SMILES string of the molecule is COC(=O)CCS(=O)(=O)N(C)C1CCCNC1. The van der Waals surface area contributed by atoms with Gasteiger partial charge in [0.1, 0.15) is 0 Å². The van der Waals surface area contributed by atoms with Crippen molar-refractivity contribution in [2.24, 2.45) is 0 Å². The van der Waals surface area contributed by atoms with Gasteiger partial charge in [0, 0.05) is 19.6 Å². The standard InChI is InChI=1S/C10H20N2O4S/c1-12(9-4-3-6-11-8-9)17(14,15)7-5-10(13)16-2/h9,11H,3-8H2,1-2H3. The maximum absolute atomic E-state index is 11.9. The summed E-state index contributed by atoms with van der Waals surface area (Å²) >= 11 is 0. The highest BCUT2D eigenvalue weighted by molar-refractivity contribution is 7.89. The Hall–Kier alpha value is -0.660. The first-order chi connectivity index (χ1) is 7.97. The summed E-state index contributed by atoms with van der Waals surface area (Å²) in [5.74, 6) is -0.684. The monoisotopic (exact) mass is 264 g/mol. The first kappa shape index (κ1) is 14.4. The van der Waals surface area contributed by atoms with Gasteiger partial charge in [-0.2, -0.15) is 0 Å². The van der Waals surface area contributed by atoms with Crippen LogP contribution in [-0.4, -0.2) is 57.7 Å². The molecule has 1 aliphatic heterocycles. The number of carbonyl (C=O) groups is 1. The summed E-state index contributed by atoms with van der Waals surface area (Å²) in [4.78, 5) is 10.9. The van der Waals surface area contributed by atoms with Crippen molar-refractivity contribution in [1.82, 2.24) is 9.62 Å². The van der Waals surface area contributed by atoms with Gasteiger partial charge in [-0.1, -0.05) is 0 Å². The van der Waals surface area contributed by atoms with Gasteiger partial charge in [-0.05, 0) is 19.4 Å². The lowest BCUT2D eigenvalue weighted by atomic mass is 10.1. The number of methoxy groups -OCH3 is 1. The van der Waals surface area contributed by atoms with Gasteiger partial charge >= 0.3 is 5.97 Å². The van der Waals surface area contributed by atoms with E-state index in [9.17, 15) is 13.2 Å². The van der Waals surface area contributed by atoms with Crippen molar-refractivity contribution in [3.05, 3.63) is 0 Å². The molecular formula is C10H20N2O4S. The van der Waals surface area contributed by atoms with Crippen LogP contribution in [0.25, 0.3) is 0 Å². The van der Waals surface area contributed by atoms with E-state index in [1.54, 1.807) is 7.05 Å². The van der Waals surface area contributed by atoms with E-state index < -0.39 is 16.0 Å². The molecule has 1 aliphatic rings. The van der Waals surface area contributed by atoms with Crippen molar-refractivity contribution in [1.29, 1.82) is 0 Å². The Bertz CT molecular complexity index is 349. The number of piperidine rings is 1. The summed E-state index contributed by atoms with van der Waals surface area (Å²) < 4.78 is 29.7. The molecule has 17 heavy (non-hydrogen) atoms. The molecule has 0 spiro atoms. The van der Waals surface area contributed by atoms with Crippen molar-refractivity contribution in [3.8, 4) is 0 Å². The van der Waals surface area contributed by atoms with Crippen LogP contribution in [-0.2, 0) is 19.6 Å². The molecule has 1 fully saturated rings. The Balaban J connectivity index is 2.53. The van der Waals surface area contributed by atoms with Gasteiger partial charge in [0.25, 0.3) is 0 Å². The topological polar surface area (TPSA) is 75.7 Å². The fourth-order valence-corrected chi connectivity index (χ4v) is 3.18. The minimum Gasteiger partial charge on any atom is -0.469 e. The highest BCUT2D eigenvalue weighted by Gasteiger charge is 2.27. The average molecular weight is 264 g/mol. The van der Waals surface area contributed by atoms with Gasteiger partial charge in [0.2, 0.25) is 10.0 Å². The first-order valence-electron chi connectivity index (χ1n) is 5.70. The van der Waals surface area contributed by atoms with Crippen LogP contribution in [0.5, 0.6) is 0 Å². The Labute approximate surface area is 102 Å². The molecule has 0 saturated carbocycles. The molecule has 0 aromatic rings. The Morgan fingerprint density at radius 2 is 2.24 bits per heavy atom. The minimum atomic E-state index is -3.37. The minimum absolute atomic E-state index is 0.00797. The third-order valence-electron chi connectivity index (χ3n) is 3.02. The number of sulfonamides is 1. The molecule has 1 atom stereocenters. The quantitative estimate of drug-likeness (QED) is 0.682. The second-order valence-electron chi connectivity index (χ2n) is 4.16. The van der Waals surface area contributed by atoms with Crippen molar-refractivity contribution >= 4 is 16.0 Å². The fourth-order valence-electron chi connectivity index (χ4n) is 1.83. The molecule has 1 rings (SSSR count). The van der Waals surface area contributed by atoms with Gasteiger partial charge < -0.3 is 10.1 Å². The van der Waals surface area contributed by atoms with Crippen molar-refractivity contribution < 1.29 is 17.9 Å². The zero-order valence-electron chi connectivity index (χ0n) is 10.3. The molecule has 1 saturated heterocycles. The molecule has 0 radical (unpaired) electrons. The van der Waals surface area contributed by atoms with Crippen LogP contribution in [0.15, 0.2) is 0 Å². The van der Waals surface area contributed by atoms with Gasteiger partial charge in [-0.25, -0.2) is 12.7 Å². The third kappa shape index (κ3) is 4.25. The van der Waals surface area contributed by atoms with Crippen LogP contribution in [0, 0.1) is 0 Å². The molecular weight excluding hydrogens is 244 g/mol. The normalized spacial score (nSPS) is 21.5.